The van der Waals surface area contributed by atoms with Crippen LogP contribution < -0.4 is 10.2 Å². The van der Waals surface area contributed by atoms with Crippen LogP contribution in [0.2, 0.25) is 0 Å². The largest absolute Gasteiger partial charge is 0.357 e. The highest BCUT2D eigenvalue weighted by Gasteiger charge is 2.17. The zero-order chi connectivity index (χ0) is 18.4. The number of urea groups is 1. The fourth-order valence-electron chi connectivity index (χ4n) is 3.15. The maximum Gasteiger partial charge on any atom is 0.317 e. The van der Waals surface area contributed by atoms with Crippen LogP contribution in [0.1, 0.15) is 37.1 Å². The number of pyridine rings is 1. The number of hydrogen-bond acceptors (Lipinski definition) is 4. The summed E-state index contributed by atoms with van der Waals surface area (Å²) in [6.07, 6.45) is 4.34. The Morgan fingerprint density at radius 1 is 1.35 bits per heavy atom. The van der Waals surface area contributed by atoms with E-state index in [1.165, 1.54) is 17.7 Å². The highest BCUT2D eigenvalue weighted by atomic mass is 32.1. The average Bonchev–Trinajstić information content (AvgIpc) is 3.18. The average molecular weight is 373 g/mol. The lowest BCUT2D eigenvalue weighted by Gasteiger charge is -2.31. The molecule has 0 aliphatic carbocycles. The van der Waals surface area contributed by atoms with Gasteiger partial charge >= 0.3 is 6.03 Å². The fourth-order valence-corrected chi connectivity index (χ4v) is 3.87. The molecule has 0 spiro atoms. The molecule has 1 N–H and O–H groups in total. The Morgan fingerprint density at radius 2 is 2.15 bits per heavy atom. The van der Waals surface area contributed by atoms with E-state index in [2.05, 4.69) is 40.3 Å². The first-order chi connectivity index (χ1) is 12.7. The minimum atomic E-state index is -0.0324. The Bertz CT molecular complexity index is 678. The highest BCUT2D eigenvalue weighted by Crippen LogP contribution is 2.21. The summed E-state index contributed by atoms with van der Waals surface area (Å²) in [5.74, 6) is 1.86. The van der Waals surface area contributed by atoms with E-state index >= 15 is 0 Å². The van der Waals surface area contributed by atoms with E-state index in [0.29, 0.717) is 19.6 Å². The second-order valence-electron chi connectivity index (χ2n) is 6.95. The first kappa shape index (κ1) is 18.7. The zero-order valence-electron chi connectivity index (χ0n) is 15.6. The molecular formula is C20H28N4OS. The SMILES string of the molecule is CCN(Cc1cccs1)C(=O)NCc1ccc(N2CCC(C)CC2)nc1. The van der Waals surface area contributed by atoms with E-state index in [1.807, 2.05) is 29.5 Å². The predicted octanol–water partition coefficient (Wildman–Crippen LogP) is 4.11. The van der Waals surface area contributed by atoms with Gasteiger partial charge in [-0.1, -0.05) is 19.1 Å². The molecule has 3 heterocycles. The first-order valence-electron chi connectivity index (χ1n) is 9.40. The summed E-state index contributed by atoms with van der Waals surface area (Å²) < 4.78 is 0. The van der Waals surface area contributed by atoms with Crippen molar-refractivity contribution >= 4 is 23.2 Å². The molecule has 0 bridgehead atoms. The number of nitrogens with one attached hydrogen (secondary N) is 1. The molecule has 0 radical (unpaired) electrons. The van der Waals surface area contributed by atoms with E-state index in [1.54, 1.807) is 11.3 Å². The van der Waals surface area contributed by atoms with Gasteiger partial charge in [-0.15, -0.1) is 11.3 Å². The van der Waals surface area contributed by atoms with Crippen molar-refractivity contribution in [2.75, 3.05) is 24.5 Å². The molecule has 5 nitrogen and oxygen atoms in total. The number of anilines is 1. The van der Waals surface area contributed by atoms with E-state index in [4.69, 9.17) is 0 Å². The van der Waals surface area contributed by atoms with Gasteiger partial charge in [-0.05, 0) is 48.8 Å². The van der Waals surface area contributed by atoms with Crippen molar-refractivity contribution < 1.29 is 4.79 Å². The quantitative estimate of drug-likeness (QED) is 0.830. The molecular weight excluding hydrogens is 344 g/mol. The molecule has 0 atom stereocenters. The van der Waals surface area contributed by atoms with Crippen LogP contribution in [0.3, 0.4) is 0 Å². The van der Waals surface area contributed by atoms with Crippen LogP contribution in [0.5, 0.6) is 0 Å². The number of carbonyl (C=O) groups is 1. The lowest BCUT2D eigenvalue weighted by atomic mass is 9.99. The van der Waals surface area contributed by atoms with Crippen molar-refractivity contribution in [2.24, 2.45) is 5.92 Å². The lowest BCUT2D eigenvalue weighted by Crippen LogP contribution is -2.38. The summed E-state index contributed by atoms with van der Waals surface area (Å²) in [5, 5.41) is 5.04. The van der Waals surface area contributed by atoms with Crippen LogP contribution in [0.4, 0.5) is 10.6 Å². The van der Waals surface area contributed by atoms with Gasteiger partial charge < -0.3 is 15.1 Å². The van der Waals surface area contributed by atoms with Crippen LogP contribution in [0, 0.1) is 5.92 Å². The van der Waals surface area contributed by atoms with Gasteiger partial charge in [0.15, 0.2) is 0 Å². The molecule has 2 amide bonds. The minimum absolute atomic E-state index is 0.0324. The number of piperidine rings is 1. The van der Waals surface area contributed by atoms with Crippen molar-refractivity contribution in [1.82, 2.24) is 15.2 Å². The van der Waals surface area contributed by atoms with Gasteiger partial charge in [-0.2, -0.15) is 0 Å². The Kier molecular flexibility index (Phi) is 6.50. The van der Waals surface area contributed by atoms with Crippen LogP contribution in [-0.2, 0) is 13.1 Å². The Hall–Kier alpha value is -2.08. The van der Waals surface area contributed by atoms with Crippen LogP contribution in [0.15, 0.2) is 35.8 Å². The van der Waals surface area contributed by atoms with E-state index in [-0.39, 0.29) is 6.03 Å². The van der Waals surface area contributed by atoms with E-state index < -0.39 is 0 Å². The minimum Gasteiger partial charge on any atom is -0.357 e. The highest BCUT2D eigenvalue weighted by molar-refractivity contribution is 7.09. The molecule has 6 heteroatoms. The second-order valence-corrected chi connectivity index (χ2v) is 7.98. The summed E-state index contributed by atoms with van der Waals surface area (Å²) in [6, 6.07) is 8.18. The van der Waals surface area contributed by atoms with Crippen molar-refractivity contribution in [3.8, 4) is 0 Å². The maximum absolute atomic E-state index is 12.4. The van der Waals surface area contributed by atoms with Gasteiger partial charge in [-0.3, -0.25) is 0 Å². The first-order valence-corrected chi connectivity index (χ1v) is 10.3. The summed E-state index contributed by atoms with van der Waals surface area (Å²) in [7, 11) is 0. The van der Waals surface area contributed by atoms with Gasteiger partial charge in [-0.25, -0.2) is 9.78 Å². The maximum atomic E-state index is 12.4. The molecule has 140 valence electrons. The van der Waals surface area contributed by atoms with E-state index in [0.717, 1.165) is 30.4 Å². The van der Waals surface area contributed by atoms with Crippen molar-refractivity contribution in [3.05, 3.63) is 46.3 Å². The summed E-state index contributed by atoms with van der Waals surface area (Å²) >= 11 is 1.68. The van der Waals surface area contributed by atoms with Gasteiger partial charge in [0.05, 0.1) is 6.54 Å². The smallest absolute Gasteiger partial charge is 0.317 e. The summed E-state index contributed by atoms with van der Waals surface area (Å²) in [6.45, 7) is 8.33. The van der Waals surface area contributed by atoms with Gasteiger partial charge in [0.25, 0.3) is 0 Å². The van der Waals surface area contributed by atoms with Crippen molar-refractivity contribution in [3.63, 3.8) is 0 Å². The predicted molar refractivity (Wildman–Crippen MR) is 107 cm³/mol. The number of rotatable bonds is 6. The standard InChI is InChI=1S/C20H28N4OS/c1-3-23(15-18-5-4-12-26-18)20(25)22-14-17-6-7-19(21-13-17)24-10-8-16(2)9-11-24/h4-7,12-13,16H,3,8-11,14-15H2,1-2H3,(H,22,25). The third-order valence-corrected chi connectivity index (χ3v) is 5.82. The van der Waals surface area contributed by atoms with Crippen molar-refractivity contribution in [2.45, 2.75) is 39.8 Å². The van der Waals surface area contributed by atoms with Gasteiger partial charge in [0.2, 0.25) is 0 Å². The van der Waals surface area contributed by atoms with Gasteiger partial charge in [0.1, 0.15) is 5.82 Å². The molecule has 1 saturated heterocycles. The van der Waals surface area contributed by atoms with Crippen LogP contribution in [-0.4, -0.2) is 35.5 Å². The lowest BCUT2D eigenvalue weighted by molar-refractivity contribution is 0.198. The molecule has 1 aliphatic heterocycles. The topological polar surface area (TPSA) is 48.5 Å². The monoisotopic (exact) mass is 372 g/mol. The molecule has 2 aromatic rings. The number of carbonyl (C=O) groups excluding carboxylic acids is 1. The molecule has 0 unspecified atom stereocenters. The number of aromatic nitrogens is 1. The molecule has 26 heavy (non-hydrogen) atoms. The molecule has 1 fully saturated rings. The molecule has 2 aromatic heterocycles. The Morgan fingerprint density at radius 3 is 2.77 bits per heavy atom. The second kappa shape index (κ2) is 9.03. The Labute approximate surface area is 160 Å². The number of nitrogens with zero attached hydrogens (tertiary/aromatic N) is 3. The molecule has 0 saturated carbocycles. The van der Waals surface area contributed by atoms with Crippen LogP contribution >= 0.6 is 11.3 Å². The summed E-state index contributed by atoms with van der Waals surface area (Å²) in [5.41, 5.74) is 1.03. The molecule has 1 aliphatic rings. The van der Waals surface area contributed by atoms with Crippen LogP contribution in [0.25, 0.3) is 0 Å². The third kappa shape index (κ3) is 4.97. The number of hydrogen-bond donors (Lipinski definition) is 1. The fraction of sp³-hybridized carbons (Fsp3) is 0.500. The third-order valence-electron chi connectivity index (χ3n) is 4.96. The summed E-state index contributed by atoms with van der Waals surface area (Å²) in [4.78, 5) is 22.4. The zero-order valence-corrected chi connectivity index (χ0v) is 16.5. The normalized spacial score (nSPS) is 15.1. The molecule has 3 rings (SSSR count). The van der Waals surface area contributed by atoms with Crippen molar-refractivity contribution in [1.29, 1.82) is 0 Å². The Balaban J connectivity index is 1.50. The molecule has 0 aromatic carbocycles. The number of amides is 2. The number of thiophene rings is 1. The van der Waals surface area contributed by atoms with E-state index in [9.17, 15) is 4.79 Å². The van der Waals surface area contributed by atoms with Gasteiger partial charge in [0, 0.05) is 37.3 Å².